The van der Waals surface area contributed by atoms with Gasteiger partial charge in [0.2, 0.25) is 0 Å². The second-order valence-electron chi connectivity index (χ2n) is 8.39. The average molecular weight is 430 g/mol. The summed E-state index contributed by atoms with van der Waals surface area (Å²) in [5.41, 5.74) is 16.4. The monoisotopic (exact) mass is 429 g/mol. The molecule has 0 aliphatic heterocycles. The molecule has 1 unspecified atom stereocenters. The molecule has 2 aliphatic rings. The van der Waals surface area contributed by atoms with Crippen LogP contribution >= 0.6 is 0 Å². The fourth-order valence-corrected chi connectivity index (χ4v) is 4.68. The molecule has 32 heavy (non-hydrogen) atoms. The fourth-order valence-electron chi connectivity index (χ4n) is 4.68. The topological polar surface area (TPSA) is 85.6 Å². The lowest BCUT2D eigenvalue weighted by atomic mass is 10.1. The molecule has 5 rings (SSSR count). The third-order valence-corrected chi connectivity index (χ3v) is 6.21. The van der Waals surface area contributed by atoms with Crippen LogP contribution in [0.15, 0.2) is 66.7 Å². The fraction of sp³-hybridized carbons (Fsp3) is 0.269. The highest BCUT2D eigenvalue weighted by atomic mass is 16.7. The van der Waals surface area contributed by atoms with Crippen molar-refractivity contribution in [2.75, 3.05) is 0 Å². The maximum absolute atomic E-state index is 10.8. The van der Waals surface area contributed by atoms with E-state index in [9.17, 15) is 4.79 Å². The van der Waals surface area contributed by atoms with Crippen LogP contribution in [-0.2, 0) is 31.6 Å². The van der Waals surface area contributed by atoms with Crippen molar-refractivity contribution in [2.45, 2.75) is 44.4 Å². The molecule has 3 aromatic carbocycles. The van der Waals surface area contributed by atoms with Gasteiger partial charge in [-0.2, -0.15) is 0 Å². The predicted octanol–water partition coefficient (Wildman–Crippen LogP) is 4.11. The SMILES string of the molecule is NC(=O)NNCc1ccc(OC2(Oc3ccc4c(c3)CCC4)CCc3ccccc32)cc1. The molecule has 0 saturated heterocycles. The quantitative estimate of drug-likeness (QED) is 0.390. The Labute approximate surface area is 187 Å². The van der Waals surface area contributed by atoms with Crippen LogP contribution in [0.25, 0.3) is 0 Å². The number of fused-ring (bicyclic) bond motifs is 2. The first-order chi connectivity index (χ1) is 15.6. The number of hydrazine groups is 1. The molecule has 0 saturated carbocycles. The van der Waals surface area contributed by atoms with Gasteiger partial charge >= 0.3 is 6.03 Å². The molecule has 4 N–H and O–H groups in total. The second kappa shape index (κ2) is 8.55. The first-order valence-corrected chi connectivity index (χ1v) is 11.1. The molecule has 0 fully saturated rings. The Kier molecular flexibility index (Phi) is 5.45. The number of carbonyl (C=O) groups excluding carboxylic acids is 1. The highest BCUT2D eigenvalue weighted by molar-refractivity contribution is 5.70. The van der Waals surface area contributed by atoms with Gasteiger partial charge in [-0.15, -0.1) is 0 Å². The number of hydrogen-bond acceptors (Lipinski definition) is 4. The summed E-state index contributed by atoms with van der Waals surface area (Å²) in [4.78, 5) is 10.8. The van der Waals surface area contributed by atoms with Crippen molar-refractivity contribution in [1.82, 2.24) is 10.9 Å². The smallest absolute Gasteiger partial charge is 0.326 e. The van der Waals surface area contributed by atoms with Gasteiger partial charge in [0.05, 0.1) is 0 Å². The van der Waals surface area contributed by atoms with Crippen molar-refractivity contribution in [3.8, 4) is 11.5 Å². The van der Waals surface area contributed by atoms with Gasteiger partial charge in [0, 0.05) is 18.5 Å². The van der Waals surface area contributed by atoms with E-state index < -0.39 is 11.8 Å². The molecule has 2 aliphatic carbocycles. The number of benzene rings is 3. The predicted molar refractivity (Wildman–Crippen MR) is 122 cm³/mol. The summed E-state index contributed by atoms with van der Waals surface area (Å²) in [6, 6.07) is 21.9. The van der Waals surface area contributed by atoms with E-state index in [4.69, 9.17) is 15.2 Å². The van der Waals surface area contributed by atoms with Crippen LogP contribution in [0.4, 0.5) is 4.79 Å². The number of nitrogens with two attached hydrogens (primary N) is 1. The number of hydrogen-bond donors (Lipinski definition) is 3. The van der Waals surface area contributed by atoms with Gasteiger partial charge in [0.1, 0.15) is 11.5 Å². The zero-order valence-electron chi connectivity index (χ0n) is 17.9. The Morgan fingerprint density at radius 1 is 0.875 bits per heavy atom. The Morgan fingerprint density at radius 3 is 2.47 bits per heavy atom. The Balaban J connectivity index is 1.40. The summed E-state index contributed by atoms with van der Waals surface area (Å²) in [5, 5.41) is 0. The van der Waals surface area contributed by atoms with Crippen LogP contribution in [0.2, 0.25) is 0 Å². The first-order valence-electron chi connectivity index (χ1n) is 11.1. The van der Waals surface area contributed by atoms with Gasteiger partial charge in [-0.05, 0) is 72.2 Å². The van der Waals surface area contributed by atoms with Gasteiger partial charge in [-0.1, -0.05) is 42.5 Å². The molecule has 0 bridgehead atoms. The van der Waals surface area contributed by atoms with Gasteiger partial charge < -0.3 is 15.2 Å². The van der Waals surface area contributed by atoms with Gasteiger partial charge in [-0.3, -0.25) is 5.43 Å². The molecular formula is C26H27N3O3. The number of nitrogens with one attached hydrogen (secondary N) is 2. The van der Waals surface area contributed by atoms with E-state index in [0.29, 0.717) is 6.54 Å². The number of aryl methyl sites for hydroxylation is 3. The summed E-state index contributed by atoms with van der Waals surface area (Å²) < 4.78 is 13.2. The molecule has 3 aromatic rings. The van der Waals surface area contributed by atoms with Crippen molar-refractivity contribution in [3.05, 3.63) is 94.5 Å². The summed E-state index contributed by atoms with van der Waals surface area (Å²) in [6.07, 6.45) is 5.12. The van der Waals surface area contributed by atoms with Crippen LogP contribution in [0.5, 0.6) is 11.5 Å². The van der Waals surface area contributed by atoms with Crippen molar-refractivity contribution < 1.29 is 14.3 Å². The van der Waals surface area contributed by atoms with Gasteiger partial charge in [0.25, 0.3) is 5.79 Å². The summed E-state index contributed by atoms with van der Waals surface area (Å²) in [7, 11) is 0. The molecule has 1 atom stereocenters. The second-order valence-corrected chi connectivity index (χ2v) is 8.39. The third-order valence-electron chi connectivity index (χ3n) is 6.21. The van der Waals surface area contributed by atoms with Crippen molar-refractivity contribution in [3.63, 3.8) is 0 Å². The highest BCUT2D eigenvalue weighted by Gasteiger charge is 2.43. The largest absolute Gasteiger partial charge is 0.448 e. The molecule has 6 heteroatoms. The van der Waals surface area contributed by atoms with Crippen LogP contribution in [-0.4, -0.2) is 6.03 Å². The van der Waals surface area contributed by atoms with Crippen LogP contribution in [0, 0.1) is 0 Å². The Morgan fingerprint density at radius 2 is 1.62 bits per heavy atom. The van der Waals surface area contributed by atoms with Crippen LogP contribution in [0.1, 0.15) is 40.7 Å². The van der Waals surface area contributed by atoms with Gasteiger partial charge in [0.15, 0.2) is 0 Å². The lowest BCUT2D eigenvalue weighted by molar-refractivity contribution is -0.119. The number of ether oxygens (including phenoxy) is 2. The van der Waals surface area contributed by atoms with Crippen LogP contribution in [0.3, 0.4) is 0 Å². The van der Waals surface area contributed by atoms with Crippen LogP contribution < -0.4 is 26.1 Å². The minimum atomic E-state index is -0.864. The normalized spacial score (nSPS) is 18.6. The molecule has 0 radical (unpaired) electrons. The highest BCUT2D eigenvalue weighted by Crippen LogP contribution is 2.43. The van der Waals surface area contributed by atoms with E-state index in [2.05, 4.69) is 47.2 Å². The van der Waals surface area contributed by atoms with E-state index >= 15 is 0 Å². The summed E-state index contributed by atoms with van der Waals surface area (Å²) >= 11 is 0. The Bertz CT molecular complexity index is 1130. The standard InChI is InChI=1S/C26H27N3O3/c27-25(30)29-28-17-18-8-11-22(12-9-18)31-26(15-14-20-4-1-2-7-24(20)26)32-23-13-10-19-5-3-6-21(19)16-23/h1-2,4,7-13,16,28H,3,5-6,14-15,17H2,(H3,27,29,30). The minimum Gasteiger partial charge on any atom is -0.448 e. The molecule has 164 valence electrons. The van der Waals surface area contributed by atoms with E-state index in [1.807, 2.05) is 30.3 Å². The van der Waals surface area contributed by atoms with E-state index in [1.165, 1.54) is 23.1 Å². The van der Waals surface area contributed by atoms with Crippen molar-refractivity contribution >= 4 is 6.03 Å². The molecular weight excluding hydrogens is 402 g/mol. The summed E-state index contributed by atoms with van der Waals surface area (Å²) in [6.45, 7) is 0.461. The summed E-state index contributed by atoms with van der Waals surface area (Å²) in [5.74, 6) is 0.715. The molecule has 0 spiro atoms. The number of primary amides is 1. The molecule has 0 heterocycles. The zero-order valence-corrected chi connectivity index (χ0v) is 17.9. The minimum absolute atomic E-state index is 0.461. The van der Waals surface area contributed by atoms with Gasteiger partial charge in [-0.25, -0.2) is 10.2 Å². The lowest BCUT2D eigenvalue weighted by Gasteiger charge is -2.32. The lowest BCUT2D eigenvalue weighted by Crippen LogP contribution is -2.40. The first kappa shape index (κ1) is 20.4. The van der Waals surface area contributed by atoms with E-state index in [1.54, 1.807) is 0 Å². The van der Waals surface area contributed by atoms with Crippen molar-refractivity contribution in [1.29, 1.82) is 0 Å². The van der Waals surface area contributed by atoms with Crippen molar-refractivity contribution in [2.24, 2.45) is 5.73 Å². The maximum atomic E-state index is 10.8. The number of carbonyl (C=O) groups is 1. The number of rotatable bonds is 7. The molecule has 6 nitrogen and oxygen atoms in total. The number of amides is 2. The van der Waals surface area contributed by atoms with E-state index in [0.717, 1.165) is 48.3 Å². The van der Waals surface area contributed by atoms with E-state index in [-0.39, 0.29) is 0 Å². The Hall–Kier alpha value is -3.51. The third kappa shape index (κ3) is 4.14. The average Bonchev–Trinajstić information content (AvgIpc) is 3.40. The molecule has 2 amide bonds. The number of urea groups is 1. The zero-order chi connectivity index (χ0) is 22.0. The maximum Gasteiger partial charge on any atom is 0.326 e. The molecule has 0 aromatic heterocycles.